The Labute approximate surface area is 172 Å². The van der Waals surface area contributed by atoms with E-state index in [0.717, 1.165) is 5.56 Å². The number of aromatic carboxylic acids is 1. The average Bonchev–Trinajstić information content (AvgIpc) is 2.69. The molecule has 0 bridgehead atoms. The van der Waals surface area contributed by atoms with Gasteiger partial charge in [0.05, 0.1) is 5.56 Å². The van der Waals surface area contributed by atoms with Crippen molar-refractivity contribution in [2.75, 3.05) is 10.6 Å². The molecule has 2 amide bonds. The first-order valence-electron chi connectivity index (χ1n) is 8.66. The summed E-state index contributed by atoms with van der Waals surface area (Å²) in [4.78, 5) is 36.1. The number of aryl methyl sites for hydroxylation is 1. The smallest absolute Gasteiger partial charge is 0.335 e. The van der Waals surface area contributed by atoms with Crippen molar-refractivity contribution < 1.29 is 19.5 Å². The molecule has 0 fully saturated rings. The van der Waals surface area contributed by atoms with Gasteiger partial charge in [0, 0.05) is 27.5 Å². The second kappa shape index (κ2) is 8.58. The van der Waals surface area contributed by atoms with Crippen LogP contribution in [0.2, 0.25) is 5.02 Å². The predicted molar refractivity (Wildman–Crippen MR) is 112 cm³/mol. The third kappa shape index (κ3) is 5.00. The van der Waals surface area contributed by atoms with Crippen molar-refractivity contribution in [1.82, 2.24) is 0 Å². The highest BCUT2D eigenvalue weighted by molar-refractivity contribution is 6.31. The molecular formula is C22H17ClN2O4. The zero-order valence-corrected chi connectivity index (χ0v) is 16.2. The SMILES string of the molecule is Cc1ccc(C(=O)O)cc1NC(=O)c1cccc(NC(=O)c2cccc(Cl)c2)c1. The molecule has 3 N–H and O–H groups in total. The first-order chi connectivity index (χ1) is 13.8. The van der Waals surface area contributed by atoms with Crippen LogP contribution in [0.25, 0.3) is 0 Å². The Morgan fingerprint density at radius 1 is 0.793 bits per heavy atom. The molecule has 3 aromatic carbocycles. The van der Waals surface area contributed by atoms with Gasteiger partial charge in [-0.1, -0.05) is 29.8 Å². The minimum atomic E-state index is -1.08. The summed E-state index contributed by atoms with van der Waals surface area (Å²) < 4.78 is 0. The van der Waals surface area contributed by atoms with E-state index in [2.05, 4.69) is 10.6 Å². The van der Waals surface area contributed by atoms with Gasteiger partial charge in [0.15, 0.2) is 0 Å². The highest BCUT2D eigenvalue weighted by atomic mass is 35.5. The van der Waals surface area contributed by atoms with E-state index in [1.807, 2.05) is 0 Å². The first kappa shape index (κ1) is 20.1. The van der Waals surface area contributed by atoms with Crippen molar-refractivity contribution in [3.05, 3.63) is 94.0 Å². The van der Waals surface area contributed by atoms with Gasteiger partial charge in [-0.25, -0.2) is 4.79 Å². The minimum absolute atomic E-state index is 0.0773. The second-order valence-corrected chi connectivity index (χ2v) is 6.77. The van der Waals surface area contributed by atoms with Gasteiger partial charge >= 0.3 is 5.97 Å². The number of amides is 2. The lowest BCUT2D eigenvalue weighted by Gasteiger charge is -2.11. The number of carboxylic acids is 1. The maximum absolute atomic E-state index is 12.6. The van der Waals surface area contributed by atoms with E-state index < -0.39 is 11.9 Å². The molecule has 0 spiro atoms. The number of halogens is 1. The molecular weight excluding hydrogens is 392 g/mol. The summed E-state index contributed by atoms with van der Waals surface area (Å²) in [5.41, 5.74) is 2.37. The largest absolute Gasteiger partial charge is 0.478 e. The third-order valence-electron chi connectivity index (χ3n) is 4.20. The first-order valence-corrected chi connectivity index (χ1v) is 9.03. The van der Waals surface area contributed by atoms with Crippen LogP contribution in [0.1, 0.15) is 36.6 Å². The van der Waals surface area contributed by atoms with E-state index in [0.29, 0.717) is 27.5 Å². The van der Waals surface area contributed by atoms with Gasteiger partial charge < -0.3 is 15.7 Å². The van der Waals surface area contributed by atoms with Gasteiger partial charge in [0.2, 0.25) is 0 Å². The number of carbonyl (C=O) groups is 3. The number of hydrogen-bond acceptors (Lipinski definition) is 3. The van der Waals surface area contributed by atoms with E-state index in [-0.39, 0.29) is 11.5 Å². The van der Waals surface area contributed by atoms with Crippen molar-refractivity contribution in [1.29, 1.82) is 0 Å². The Kier molecular flexibility index (Phi) is 5.95. The minimum Gasteiger partial charge on any atom is -0.478 e. The Hall–Kier alpha value is -3.64. The summed E-state index contributed by atoms with van der Waals surface area (Å²) in [6.45, 7) is 1.77. The third-order valence-corrected chi connectivity index (χ3v) is 4.44. The molecule has 3 aromatic rings. The van der Waals surface area contributed by atoms with Crippen LogP contribution in [0.4, 0.5) is 11.4 Å². The van der Waals surface area contributed by atoms with Crippen LogP contribution in [-0.2, 0) is 0 Å². The number of rotatable bonds is 5. The number of carbonyl (C=O) groups excluding carboxylic acids is 2. The van der Waals surface area contributed by atoms with Crippen molar-refractivity contribution in [3.63, 3.8) is 0 Å². The molecule has 0 aliphatic carbocycles. The van der Waals surface area contributed by atoms with Gasteiger partial charge in [-0.05, 0) is 61.0 Å². The zero-order chi connectivity index (χ0) is 21.0. The van der Waals surface area contributed by atoms with Gasteiger partial charge in [-0.3, -0.25) is 9.59 Å². The Morgan fingerprint density at radius 2 is 1.45 bits per heavy atom. The Balaban J connectivity index is 1.77. The molecule has 0 aromatic heterocycles. The highest BCUT2D eigenvalue weighted by Gasteiger charge is 2.12. The topological polar surface area (TPSA) is 95.5 Å². The molecule has 29 heavy (non-hydrogen) atoms. The van der Waals surface area contributed by atoms with Crippen LogP contribution in [0.15, 0.2) is 66.7 Å². The van der Waals surface area contributed by atoms with Crippen molar-refractivity contribution in [2.24, 2.45) is 0 Å². The van der Waals surface area contributed by atoms with E-state index in [1.165, 1.54) is 18.2 Å². The molecule has 0 radical (unpaired) electrons. The predicted octanol–water partition coefficient (Wildman–Crippen LogP) is 4.85. The summed E-state index contributed by atoms with van der Waals surface area (Å²) in [7, 11) is 0. The fourth-order valence-corrected chi connectivity index (χ4v) is 2.85. The molecule has 0 heterocycles. The van der Waals surface area contributed by atoms with Gasteiger partial charge in [0.25, 0.3) is 11.8 Å². The van der Waals surface area contributed by atoms with Gasteiger partial charge in [0.1, 0.15) is 0 Å². The van der Waals surface area contributed by atoms with Crippen LogP contribution in [-0.4, -0.2) is 22.9 Å². The fraction of sp³-hybridized carbons (Fsp3) is 0.0455. The molecule has 0 atom stereocenters. The molecule has 0 saturated carbocycles. The monoisotopic (exact) mass is 408 g/mol. The maximum atomic E-state index is 12.6. The average molecular weight is 409 g/mol. The van der Waals surface area contributed by atoms with Crippen LogP contribution in [0, 0.1) is 6.92 Å². The van der Waals surface area contributed by atoms with Crippen molar-refractivity contribution in [3.8, 4) is 0 Å². The molecule has 3 rings (SSSR count). The normalized spacial score (nSPS) is 10.3. The maximum Gasteiger partial charge on any atom is 0.335 e. The Morgan fingerprint density at radius 3 is 2.14 bits per heavy atom. The molecule has 146 valence electrons. The quantitative estimate of drug-likeness (QED) is 0.562. The molecule has 0 saturated heterocycles. The summed E-state index contributed by atoms with van der Waals surface area (Å²) >= 11 is 5.91. The van der Waals surface area contributed by atoms with Crippen LogP contribution in [0.3, 0.4) is 0 Å². The number of benzene rings is 3. The summed E-state index contributed by atoms with van der Waals surface area (Å²) in [5, 5.41) is 15.0. The van der Waals surface area contributed by atoms with Crippen LogP contribution >= 0.6 is 11.6 Å². The van der Waals surface area contributed by atoms with Gasteiger partial charge in [-0.2, -0.15) is 0 Å². The van der Waals surface area contributed by atoms with E-state index in [4.69, 9.17) is 16.7 Å². The summed E-state index contributed by atoms with van der Waals surface area (Å²) in [6, 6.07) is 17.5. The number of nitrogens with one attached hydrogen (secondary N) is 2. The Bertz CT molecular complexity index is 1110. The number of anilines is 2. The zero-order valence-electron chi connectivity index (χ0n) is 15.4. The van der Waals surface area contributed by atoms with Crippen molar-refractivity contribution in [2.45, 2.75) is 6.92 Å². The molecule has 0 unspecified atom stereocenters. The van der Waals surface area contributed by atoms with Crippen LogP contribution in [0.5, 0.6) is 0 Å². The lowest BCUT2D eigenvalue weighted by molar-refractivity contribution is 0.0696. The van der Waals surface area contributed by atoms with Crippen LogP contribution < -0.4 is 10.6 Å². The van der Waals surface area contributed by atoms with Crippen molar-refractivity contribution >= 4 is 40.8 Å². The molecule has 6 nitrogen and oxygen atoms in total. The lowest BCUT2D eigenvalue weighted by atomic mass is 10.1. The lowest BCUT2D eigenvalue weighted by Crippen LogP contribution is -2.15. The van der Waals surface area contributed by atoms with E-state index >= 15 is 0 Å². The van der Waals surface area contributed by atoms with Gasteiger partial charge in [-0.15, -0.1) is 0 Å². The summed E-state index contributed by atoms with van der Waals surface area (Å²) in [5.74, 6) is -1.85. The second-order valence-electron chi connectivity index (χ2n) is 6.33. The fourth-order valence-electron chi connectivity index (χ4n) is 2.66. The summed E-state index contributed by atoms with van der Waals surface area (Å²) in [6.07, 6.45) is 0. The van der Waals surface area contributed by atoms with E-state index in [9.17, 15) is 14.4 Å². The number of hydrogen-bond donors (Lipinski definition) is 3. The highest BCUT2D eigenvalue weighted by Crippen LogP contribution is 2.20. The molecule has 0 aliphatic heterocycles. The number of carboxylic acid groups (broad SMARTS) is 1. The molecule has 0 aliphatic rings. The standard InChI is InChI=1S/C22H17ClN2O4/c1-13-8-9-16(22(28)29)12-19(13)25-21(27)15-5-3-7-18(11-15)24-20(26)14-4-2-6-17(23)10-14/h2-12H,1H3,(H,24,26)(H,25,27)(H,28,29). The van der Waals surface area contributed by atoms with E-state index in [1.54, 1.807) is 55.5 Å². The molecule has 7 heteroatoms.